The first-order valence-corrected chi connectivity index (χ1v) is 4.26. The molecule has 98 valence electrons. The van der Waals surface area contributed by atoms with Crippen molar-refractivity contribution in [2.45, 2.75) is 24.4 Å². The summed E-state index contributed by atoms with van der Waals surface area (Å²) in [4.78, 5) is 9.00. The predicted octanol–water partition coefficient (Wildman–Crippen LogP) is -4.56. The fourth-order valence-corrected chi connectivity index (χ4v) is 0.671. The lowest BCUT2D eigenvalue weighted by molar-refractivity contribution is -0.123. The molecule has 0 aromatic rings. The first-order chi connectivity index (χ1) is 7.27. The van der Waals surface area contributed by atoms with Crippen molar-refractivity contribution in [3.05, 3.63) is 0 Å². The molecule has 0 aliphatic rings. The predicted molar refractivity (Wildman–Crippen MR) is 52.0 cm³/mol. The van der Waals surface area contributed by atoms with Crippen LogP contribution in [0.5, 0.6) is 0 Å². The first kappa shape index (κ1) is 17.4. The molecule has 16 heavy (non-hydrogen) atoms. The van der Waals surface area contributed by atoms with Crippen LogP contribution in [-0.4, -0.2) is 74.3 Å². The summed E-state index contributed by atoms with van der Waals surface area (Å²) in [6.45, 7) is -1.45. The quantitative estimate of drug-likeness (QED) is 0.238. The van der Waals surface area contributed by atoms with Crippen LogP contribution >= 0.6 is 0 Å². The van der Waals surface area contributed by atoms with E-state index in [1.54, 1.807) is 0 Å². The van der Waals surface area contributed by atoms with Crippen molar-refractivity contribution in [3.8, 4) is 0 Å². The van der Waals surface area contributed by atoms with Crippen LogP contribution in [0.3, 0.4) is 0 Å². The van der Waals surface area contributed by atoms with Gasteiger partial charge >= 0.3 is 6.03 Å². The van der Waals surface area contributed by atoms with Crippen molar-refractivity contribution < 1.29 is 35.4 Å². The maximum atomic E-state index is 9.00. The van der Waals surface area contributed by atoms with E-state index in [4.69, 9.17) is 35.4 Å². The molecule has 0 heterocycles. The van der Waals surface area contributed by atoms with E-state index in [1.807, 2.05) is 0 Å². The van der Waals surface area contributed by atoms with E-state index in [1.165, 1.54) is 0 Å². The standard InChI is InChI=1S/C6H14O6.CH4N2O/c7-1-3(9)5(11)6(12)4(10)2-8;2-1(3)4/h3-12H,1-2H2;(H4,2,3,4)/t3-,4+,5-,6-;/m1./s1. The van der Waals surface area contributed by atoms with Crippen LogP contribution in [0.2, 0.25) is 0 Å². The number of nitrogens with two attached hydrogens (primary N) is 2. The molecule has 0 aromatic heterocycles. The Morgan fingerprint density at radius 1 is 0.875 bits per heavy atom. The minimum absolute atomic E-state index is 0.726. The van der Waals surface area contributed by atoms with Crippen molar-refractivity contribution in [3.63, 3.8) is 0 Å². The van der Waals surface area contributed by atoms with Crippen LogP contribution in [0.15, 0.2) is 0 Å². The van der Waals surface area contributed by atoms with Crippen LogP contribution in [0, 0.1) is 0 Å². The fourth-order valence-electron chi connectivity index (χ4n) is 0.671. The molecule has 0 saturated heterocycles. The highest BCUT2D eigenvalue weighted by Gasteiger charge is 2.29. The number of aliphatic hydroxyl groups is 6. The van der Waals surface area contributed by atoms with Gasteiger partial charge in [0, 0.05) is 0 Å². The minimum atomic E-state index is -1.67. The SMILES string of the molecule is NC(N)=O.OC[C@@H](O)[C@@H](O)[C@H](O)[C@@H](O)CO. The summed E-state index contributed by atoms with van der Waals surface area (Å²) in [6, 6.07) is -0.833. The lowest BCUT2D eigenvalue weighted by Gasteiger charge is -2.24. The second kappa shape index (κ2) is 9.27. The van der Waals surface area contributed by atoms with Crippen molar-refractivity contribution in [1.82, 2.24) is 0 Å². The Morgan fingerprint density at radius 3 is 1.19 bits per heavy atom. The number of primary amides is 2. The van der Waals surface area contributed by atoms with Gasteiger partial charge in [0.15, 0.2) is 0 Å². The lowest BCUT2D eigenvalue weighted by atomic mass is 10.0. The molecule has 0 fully saturated rings. The van der Waals surface area contributed by atoms with Gasteiger partial charge in [0.25, 0.3) is 0 Å². The highest BCUT2D eigenvalue weighted by atomic mass is 16.4. The number of amides is 2. The second-order valence-electron chi connectivity index (χ2n) is 2.88. The zero-order valence-corrected chi connectivity index (χ0v) is 8.47. The number of carbonyl (C=O) groups is 1. The fraction of sp³-hybridized carbons (Fsp3) is 0.857. The monoisotopic (exact) mass is 242 g/mol. The Bertz CT molecular complexity index is 174. The molecule has 0 aliphatic heterocycles. The summed E-state index contributed by atoms with van der Waals surface area (Å²) in [5, 5.41) is 52.2. The van der Waals surface area contributed by atoms with Gasteiger partial charge < -0.3 is 42.1 Å². The summed E-state index contributed by atoms with van der Waals surface area (Å²) < 4.78 is 0. The van der Waals surface area contributed by atoms with Gasteiger partial charge in [0.05, 0.1) is 13.2 Å². The number of carbonyl (C=O) groups excluding carboxylic acids is 1. The number of hydrogen-bond donors (Lipinski definition) is 8. The van der Waals surface area contributed by atoms with E-state index in [2.05, 4.69) is 11.5 Å². The van der Waals surface area contributed by atoms with Gasteiger partial charge in [-0.25, -0.2) is 4.79 Å². The summed E-state index contributed by atoms with van der Waals surface area (Å²) >= 11 is 0. The summed E-state index contributed by atoms with van der Waals surface area (Å²) in [5.41, 5.74) is 8.50. The second-order valence-corrected chi connectivity index (χ2v) is 2.88. The van der Waals surface area contributed by atoms with Crippen molar-refractivity contribution in [2.75, 3.05) is 13.2 Å². The Kier molecular flexibility index (Phi) is 10.1. The third kappa shape index (κ3) is 8.35. The molecule has 10 N–H and O–H groups in total. The largest absolute Gasteiger partial charge is 0.394 e. The molecule has 0 radical (unpaired) electrons. The minimum Gasteiger partial charge on any atom is -0.394 e. The lowest BCUT2D eigenvalue weighted by Crippen LogP contribution is -2.46. The van der Waals surface area contributed by atoms with Crippen LogP contribution in [0.1, 0.15) is 0 Å². The Morgan fingerprint density at radius 2 is 1.06 bits per heavy atom. The first-order valence-electron chi connectivity index (χ1n) is 4.26. The Balaban J connectivity index is 0. The molecule has 0 saturated carbocycles. The third-order valence-corrected chi connectivity index (χ3v) is 1.51. The molecule has 0 rings (SSSR count). The zero-order chi connectivity index (χ0) is 13.3. The maximum Gasteiger partial charge on any atom is 0.309 e. The summed E-state index contributed by atoms with van der Waals surface area (Å²) in [7, 11) is 0. The van der Waals surface area contributed by atoms with Crippen LogP contribution < -0.4 is 11.5 Å². The van der Waals surface area contributed by atoms with Gasteiger partial charge in [-0.2, -0.15) is 0 Å². The molecule has 9 heteroatoms. The van der Waals surface area contributed by atoms with E-state index < -0.39 is 43.7 Å². The number of rotatable bonds is 5. The number of urea groups is 1. The van der Waals surface area contributed by atoms with Crippen molar-refractivity contribution >= 4 is 6.03 Å². The van der Waals surface area contributed by atoms with Gasteiger partial charge in [-0.05, 0) is 0 Å². The zero-order valence-electron chi connectivity index (χ0n) is 8.47. The highest BCUT2D eigenvalue weighted by Crippen LogP contribution is 2.03. The maximum absolute atomic E-state index is 9.00. The molecule has 0 aromatic carbocycles. The van der Waals surface area contributed by atoms with E-state index in [9.17, 15) is 0 Å². The summed E-state index contributed by atoms with van der Waals surface area (Å²) in [5.74, 6) is 0. The molecule has 0 bridgehead atoms. The molecule has 9 nitrogen and oxygen atoms in total. The molecule has 0 aliphatic carbocycles. The van der Waals surface area contributed by atoms with E-state index in [0.29, 0.717) is 0 Å². The third-order valence-electron chi connectivity index (χ3n) is 1.51. The van der Waals surface area contributed by atoms with Crippen LogP contribution in [0.4, 0.5) is 4.79 Å². The molecular weight excluding hydrogens is 224 g/mol. The van der Waals surface area contributed by atoms with Gasteiger partial charge in [-0.15, -0.1) is 0 Å². The van der Waals surface area contributed by atoms with Gasteiger partial charge in [-0.1, -0.05) is 0 Å². The number of hydrogen-bond acceptors (Lipinski definition) is 7. The van der Waals surface area contributed by atoms with Crippen LogP contribution in [-0.2, 0) is 0 Å². The summed E-state index contributed by atoms with van der Waals surface area (Å²) in [6.07, 6.45) is -6.39. The van der Waals surface area contributed by atoms with E-state index in [-0.39, 0.29) is 0 Å². The molecule has 2 amide bonds. The average Bonchev–Trinajstić information content (AvgIpc) is 2.24. The molecular formula is C7H18N2O7. The average molecular weight is 242 g/mol. The molecule has 4 atom stereocenters. The van der Waals surface area contributed by atoms with E-state index in [0.717, 1.165) is 0 Å². The Hall–Kier alpha value is -0.970. The molecule has 0 spiro atoms. The molecule has 0 unspecified atom stereocenters. The van der Waals surface area contributed by atoms with Gasteiger partial charge in [0.2, 0.25) is 0 Å². The van der Waals surface area contributed by atoms with Gasteiger partial charge in [-0.3, -0.25) is 0 Å². The topological polar surface area (TPSA) is 190 Å². The Labute approximate surface area is 91.5 Å². The highest BCUT2D eigenvalue weighted by molar-refractivity contribution is 5.69. The van der Waals surface area contributed by atoms with Crippen molar-refractivity contribution in [2.24, 2.45) is 11.5 Å². The number of aliphatic hydroxyl groups excluding tert-OH is 6. The normalized spacial score (nSPS) is 17.6. The van der Waals surface area contributed by atoms with E-state index >= 15 is 0 Å². The van der Waals surface area contributed by atoms with Crippen LogP contribution in [0.25, 0.3) is 0 Å². The smallest absolute Gasteiger partial charge is 0.309 e. The van der Waals surface area contributed by atoms with Crippen molar-refractivity contribution in [1.29, 1.82) is 0 Å². The van der Waals surface area contributed by atoms with Gasteiger partial charge in [0.1, 0.15) is 24.4 Å².